The smallest absolute Gasteiger partial charge is 0.277 e. The number of amides is 1. The van der Waals surface area contributed by atoms with Crippen LogP contribution in [0.1, 0.15) is 17.4 Å². The van der Waals surface area contributed by atoms with Gasteiger partial charge in [-0.05, 0) is 19.1 Å². The largest absolute Gasteiger partial charge is 0.310 e. The summed E-state index contributed by atoms with van der Waals surface area (Å²) in [6.07, 6.45) is 0. The Morgan fingerprint density at radius 3 is 3.05 bits per heavy atom. The molecule has 2 aromatic heterocycles. The van der Waals surface area contributed by atoms with Gasteiger partial charge in [-0.2, -0.15) is 0 Å². The van der Waals surface area contributed by atoms with Crippen LogP contribution in [0.25, 0.3) is 11.0 Å². The second-order valence-corrected chi connectivity index (χ2v) is 4.86. The summed E-state index contributed by atoms with van der Waals surface area (Å²) in [5, 5.41) is 4.37. The molecule has 1 amide bonds. The number of carbonyl (C=O) groups is 1. The van der Waals surface area contributed by atoms with E-state index in [4.69, 9.17) is 0 Å². The molecule has 0 aliphatic rings. The third-order valence-electron chi connectivity index (χ3n) is 2.92. The highest BCUT2D eigenvalue weighted by atomic mass is 32.1. The number of nitrogens with one attached hydrogen (secondary N) is 1. The zero-order valence-electron chi connectivity index (χ0n) is 10.6. The summed E-state index contributed by atoms with van der Waals surface area (Å²) in [4.78, 5) is 20.2. The molecule has 0 aliphatic heterocycles. The minimum absolute atomic E-state index is 0.322. The van der Waals surface area contributed by atoms with Crippen molar-refractivity contribution in [2.75, 3.05) is 5.32 Å². The highest BCUT2D eigenvalue weighted by molar-refractivity contribution is 7.07. The van der Waals surface area contributed by atoms with Gasteiger partial charge in [0.2, 0.25) is 5.95 Å². The number of thiazole rings is 1. The van der Waals surface area contributed by atoms with Crippen molar-refractivity contribution in [3.8, 4) is 0 Å². The van der Waals surface area contributed by atoms with Gasteiger partial charge >= 0.3 is 0 Å². The van der Waals surface area contributed by atoms with Gasteiger partial charge in [-0.25, -0.2) is 14.4 Å². The van der Waals surface area contributed by atoms with E-state index >= 15 is 0 Å². The fourth-order valence-electron chi connectivity index (χ4n) is 2.01. The summed E-state index contributed by atoms with van der Waals surface area (Å²) in [5.74, 6) is -0.279. The molecule has 0 radical (unpaired) electrons. The molecule has 20 heavy (non-hydrogen) atoms. The highest BCUT2D eigenvalue weighted by Crippen LogP contribution is 2.21. The van der Waals surface area contributed by atoms with Gasteiger partial charge in [0, 0.05) is 18.0 Å². The molecule has 0 bridgehead atoms. The number of anilines is 1. The van der Waals surface area contributed by atoms with Crippen molar-refractivity contribution in [1.82, 2.24) is 14.5 Å². The molecule has 5 nitrogen and oxygen atoms in total. The van der Waals surface area contributed by atoms with E-state index in [1.54, 1.807) is 17.0 Å². The van der Waals surface area contributed by atoms with Gasteiger partial charge < -0.3 is 4.57 Å². The minimum Gasteiger partial charge on any atom is -0.310 e. The molecule has 0 atom stereocenters. The maximum atomic E-state index is 13.2. The number of imidazole rings is 1. The van der Waals surface area contributed by atoms with E-state index in [1.807, 2.05) is 11.5 Å². The Hall–Kier alpha value is -2.28. The Bertz CT molecular complexity index is 766. The normalized spacial score (nSPS) is 10.9. The molecule has 2 heterocycles. The Morgan fingerprint density at radius 1 is 1.50 bits per heavy atom. The first-order valence-corrected chi connectivity index (χ1v) is 6.98. The van der Waals surface area contributed by atoms with Gasteiger partial charge in [-0.15, -0.1) is 11.3 Å². The number of hydrogen-bond acceptors (Lipinski definition) is 4. The molecule has 0 fully saturated rings. The standard InChI is InChI=1S/C13H11FN4OS/c1-2-18-11-4-3-8(14)5-9(11)16-13(18)17-12(19)10-6-20-7-15-10/h3-7H,2H2,1H3,(H,16,17,19). The second kappa shape index (κ2) is 5.01. The molecule has 0 spiro atoms. The van der Waals surface area contributed by atoms with Crippen LogP contribution in [0.4, 0.5) is 10.3 Å². The number of hydrogen-bond donors (Lipinski definition) is 1. The van der Waals surface area contributed by atoms with Crippen molar-refractivity contribution in [2.24, 2.45) is 0 Å². The first-order chi connectivity index (χ1) is 9.69. The molecule has 0 saturated heterocycles. The third-order valence-corrected chi connectivity index (χ3v) is 3.50. The lowest BCUT2D eigenvalue weighted by Gasteiger charge is -2.06. The number of fused-ring (bicyclic) bond motifs is 1. The van der Waals surface area contributed by atoms with Gasteiger partial charge in [-0.3, -0.25) is 10.1 Å². The van der Waals surface area contributed by atoms with Crippen molar-refractivity contribution in [3.05, 3.63) is 40.6 Å². The van der Waals surface area contributed by atoms with Gasteiger partial charge in [0.25, 0.3) is 5.91 Å². The summed E-state index contributed by atoms with van der Waals surface area (Å²) < 4.78 is 15.0. The van der Waals surface area contributed by atoms with E-state index in [9.17, 15) is 9.18 Å². The van der Waals surface area contributed by atoms with Crippen molar-refractivity contribution in [3.63, 3.8) is 0 Å². The van der Waals surface area contributed by atoms with Gasteiger partial charge in [0.05, 0.1) is 16.5 Å². The minimum atomic E-state index is -0.351. The molecule has 0 unspecified atom stereocenters. The van der Waals surface area contributed by atoms with Crippen molar-refractivity contribution < 1.29 is 9.18 Å². The predicted molar refractivity (Wildman–Crippen MR) is 75.4 cm³/mol. The second-order valence-electron chi connectivity index (χ2n) is 4.14. The molecule has 7 heteroatoms. The van der Waals surface area contributed by atoms with Crippen molar-refractivity contribution in [1.29, 1.82) is 0 Å². The summed E-state index contributed by atoms with van der Waals surface area (Å²) in [5.41, 5.74) is 3.23. The summed E-state index contributed by atoms with van der Waals surface area (Å²) in [7, 11) is 0. The number of carbonyl (C=O) groups excluding carboxylic acids is 1. The average molecular weight is 290 g/mol. The van der Waals surface area contributed by atoms with Crippen LogP contribution in [0, 0.1) is 5.82 Å². The number of aromatic nitrogens is 3. The summed E-state index contributed by atoms with van der Waals surface area (Å²) in [6.45, 7) is 2.55. The fraction of sp³-hybridized carbons (Fsp3) is 0.154. The first kappa shape index (κ1) is 12.7. The van der Waals surface area contributed by atoms with E-state index in [-0.39, 0.29) is 11.7 Å². The van der Waals surface area contributed by atoms with E-state index in [0.717, 1.165) is 5.52 Å². The monoisotopic (exact) mass is 290 g/mol. The Morgan fingerprint density at radius 2 is 2.35 bits per heavy atom. The lowest BCUT2D eigenvalue weighted by Crippen LogP contribution is -2.16. The van der Waals surface area contributed by atoms with Gasteiger partial charge in [0.15, 0.2) is 0 Å². The Labute approximate surface area is 118 Å². The first-order valence-electron chi connectivity index (χ1n) is 6.04. The number of aryl methyl sites for hydroxylation is 1. The lowest BCUT2D eigenvalue weighted by atomic mass is 10.3. The van der Waals surface area contributed by atoms with Crippen LogP contribution >= 0.6 is 11.3 Å². The molecule has 0 aliphatic carbocycles. The molecule has 102 valence electrons. The highest BCUT2D eigenvalue weighted by Gasteiger charge is 2.14. The number of nitrogens with zero attached hydrogens (tertiary/aromatic N) is 3. The summed E-state index contributed by atoms with van der Waals surface area (Å²) >= 11 is 1.35. The molecule has 3 aromatic rings. The van der Waals surface area contributed by atoms with Crippen LogP contribution in [-0.2, 0) is 6.54 Å². The van der Waals surface area contributed by atoms with Gasteiger partial charge in [-0.1, -0.05) is 0 Å². The molecular weight excluding hydrogens is 279 g/mol. The Kier molecular flexibility index (Phi) is 3.19. The Balaban J connectivity index is 2.00. The van der Waals surface area contributed by atoms with E-state index < -0.39 is 0 Å². The molecule has 1 aromatic carbocycles. The quantitative estimate of drug-likeness (QED) is 0.807. The van der Waals surface area contributed by atoms with Crippen LogP contribution in [0.5, 0.6) is 0 Å². The lowest BCUT2D eigenvalue weighted by molar-refractivity contribution is 0.102. The number of halogens is 1. The van der Waals surface area contributed by atoms with E-state index in [1.165, 1.54) is 23.5 Å². The van der Waals surface area contributed by atoms with Crippen LogP contribution in [-0.4, -0.2) is 20.4 Å². The van der Waals surface area contributed by atoms with Crippen LogP contribution < -0.4 is 5.32 Å². The zero-order chi connectivity index (χ0) is 14.1. The SMILES string of the molecule is CCn1c(NC(=O)c2cscn2)nc2cc(F)ccc21. The van der Waals surface area contributed by atoms with Crippen LogP contribution in [0.3, 0.4) is 0 Å². The fourth-order valence-corrected chi connectivity index (χ4v) is 2.54. The molecular formula is C13H11FN4OS. The third kappa shape index (κ3) is 2.16. The number of rotatable bonds is 3. The predicted octanol–water partition coefficient (Wildman–Crippen LogP) is 2.90. The van der Waals surface area contributed by atoms with E-state index in [2.05, 4.69) is 15.3 Å². The van der Waals surface area contributed by atoms with E-state index in [0.29, 0.717) is 23.7 Å². The number of benzene rings is 1. The summed E-state index contributed by atoms with van der Waals surface area (Å²) in [6, 6.07) is 4.38. The molecule has 1 N–H and O–H groups in total. The zero-order valence-corrected chi connectivity index (χ0v) is 11.4. The van der Waals surface area contributed by atoms with Crippen molar-refractivity contribution >= 4 is 34.2 Å². The molecule has 0 saturated carbocycles. The van der Waals surface area contributed by atoms with Gasteiger partial charge in [0.1, 0.15) is 11.5 Å². The molecule has 3 rings (SSSR count). The maximum absolute atomic E-state index is 13.2. The van der Waals surface area contributed by atoms with Crippen LogP contribution in [0.15, 0.2) is 29.1 Å². The van der Waals surface area contributed by atoms with Crippen LogP contribution in [0.2, 0.25) is 0 Å². The average Bonchev–Trinajstić information content (AvgIpc) is 3.04. The topological polar surface area (TPSA) is 59.8 Å². The van der Waals surface area contributed by atoms with Crippen molar-refractivity contribution in [2.45, 2.75) is 13.5 Å². The maximum Gasteiger partial charge on any atom is 0.277 e.